The van der Waals surface area contributed by atoms with Crippen molar-refractivity contribution in [1.29, 1.82) is 0 Å². The molecule has 4 rings (SSSR count). The summed E-state index contributed by atoms with van der Waals surface area (Å²) in [6.45, 7) is 0.219. The van der Waals surface area contributed by atoms with E-state index in [1.54, 1.807) is 0 Å². The van der Waals surface area contributed by atoms with Crippen LogP contribution in [0.1, 0.15) is 5.56 Å². The Bertz CT molecular complexity index is 571. The molecule has 6 heteroatoms. The van der Waals surface area contributed by atoms with Gasteiger partial charge in [0.15, 0.2) is 0 Å². The summed E-state index contributed by atoms with van der Waals surface area (Å²) < 4.78 is 5.43. The number of rotatable bonds is 2. The SMILES string of the molecule is O=C1C2C3OC(C(O)C3O)C2C(=O)N1Cc1ccccc1. The van der Waals surface area contributed by atoms with Crippen LogP contribution in [-0.2, 0) is 20.9 Å². The van der Waals surface area contributed by atoms with E-state index >= 15 is 0 Å². The van der Waals surface area contributed by atoms with Gasteiger partial charge in [-0.1, -0.05) is 30.3 Å². The number of hydrogen-bond acceptors (Lipinski definition) is 5. The lowest BCUT2D eigenvalue weighted by Gasteiger charge is -2.25. The number of fused-ring (bicyclic) bond motifs is 5. The van der Waals surface area contributed by atoms with Crippen molar-refractivity contribution in [2.75, 3.05) is 0 Å². The van der Waals surface area contributed by atoms with Gasteiger partial charge in [-0.2, -0.15) is 0 Å². The van der Waals surface area contributed by atoms with Crippen LogP contribution in [0, 0.1) is 11.8 Å². The third kappa shape index (κ3) is 1.64. The lowest BCUT2D eigenvalue weighted by atomic mass is 9.78. The number of hydrogen-bond donors (Lipinski definition) is 2. The van der Waals surface area contributed by atoms with Gasteiger partial charge >= 0.3 is 0 Å². The fraction of sp³-hybridized carbons (Fsp3) is 0.467. The molecule has 3 heterocycles. The van der Waals surface area contributed by atoms with Crippen molar-refractivity contribution in [3.8, 4) is 0 Å². The molecule has 1 aromatic rings. The van der Waals surface area contributed by atoms with Crippen LogP contribution < -0.4 is 0 Å². The Morgan fingerprint density at radius 1 is 0.952 bits per heavy atom. The first-order valence-corrected chi connectivity index (χ1v) is 7.00. The molecular weight excluding hydrogens is 274 g/mol. The van der Waals surface area contributed by atoms with Crippen LogP contribution in [0.4, 0.5) is 0 Å². The maximum absolute atomic E-state index is 12.5. The van der Waals surface area contributed by atoms with Gasteiger partial charge in [0.1, 0.15) is 12.2 Å². The third-order valence-corrected chi connectivity index (χ3v) is 4.72. The molecule has 6 unspecified atom stereocenters. The van der Waals surface area contributed by atoms with E-state index < -0.39 is 36.3 Å². The molecule has 0 radical (unpaired) electrons. The average Bonchev–Trinajstić information content (AvgIpc) is 3.09. The zero-order valence-corrected chi connectivity index (χ0v) is 11.1. The average molecular weight is 289 g/mol. The summed E-state index contributed by atoms with van der Waals surface area (Å²) in [5.41, 5.74) is 0.869. The molecule has 0 aliphatic carbocycles. The van der Waals surface area contributed by atoms with E-state index in [4.69, 9.17) is 4.74 Å². The van der Waals surface area contributed by atoms with E-state index in [0.29, 0.717) is 0 Å². The van der Waals surface area contributed by atoms with E-state index in [2.05, 4.69) is 0 Å². The van der Waals surface area contributed by atoms with Crippen LogP contribution in [-0.4, -0.2) is 51.3 Å². The second-order valence-electron chi connectivity index (χ2n) is 5.85. The summed E-state index contributed by atoms with van der Waals surface area (Å²) in [4.78, 5) is 26.2. The van der Waals surface area contributed by atoms with Gasteiger partial charge in [-0.3, -0.25) is 14.5 Å². The van der Waals surface area contributed by atoms with Crippen LogP contribution in [0.5, 0.6) is 0 Å². The normalized spacial score (nSPS) is 41.0. The number of carbonyl (C=O) groups excluding carboxylic acids is 2. The van der Waals surface area contributed by atoms with Crippen molar-refractivity contribution in [3.05, 3.63) is 35.9 Å². The molecule has 2 N–H and O–H groups in total. The van der Waals surface area contributed by atoms with Crippen molar-refractivity contribution in [1.82, 2.24) is 4.90 Å². The number of ether oxygens (including phenoxy) is 1. The van der Waals surface area contributed by atoms with Crippen LogP contribution in [0.25, 0.3) is 0 Å². The van der Waals surface area contributed by atoms with Gasteiger partial charge in [0, 0.05) is 0 Å². The van der Waals surface area contributed by atoms with Gasteiger partial charge in [0.25, 0.3) is 0 Å². The van der Waals surface area contributed by atoms with E-state index in [9.17, 15) is 19.8 Å². The molecule has 2 bridgehead atoms. The largest absolute Gasteiger partial charge is 0.388 e. The highest BCUT2D eigenvalue weighted by atomic mass is 16.6. The van der Waals surface area contributed by atoms with Gasteiger partial charge in [0.05, 0.1) is 30.6 Å². The van der Waals surface area contributed by atoms with Crippen LogP contribution in [0.15, 0.2) is 30.3 Å². The van der Waals surface area contributed by atoms with Crippen LogP contribution in [0.2, 0.25) is 0 Å². The second kappa shape index (κ2) is 4.37. The zero-order chi connectivity index (χ0) is 14.7. The summed E-state index contributed by atoms with van der Waals surface area (Å²) in [6.07, 6.45) is -3.73. The lowest BCUT2D eigenvalue weighted by molar-refractivity contribution is -0.143. The molecule has 21 heavy (non-hydrogen) atoms. The van der Waals surface area contributed by atoms with Crippen molar-refractivity contribution < 1.29 is 24.5 Å². The molecule has 3 aliphatic heterocycles. The monoisotopic (exact) mass is 289 g/mol. The Kier molecular flexibility index (Phi) is 2.69. The van der Waals surface area contributed by atoms with E-state index in [1.165, 1.54) is 4.90 Å². The number of nitrogens with zero attached hydrogens (tertiary/aromatic N) is 1. The number of amides is 2. The van der Waals surface area contributed by atoms with Gasteiger partial charge < -0.3 is 14.9 Å². The molecule has 0 aromatic heterocycles. The van der Waals surface area contributed by atoms with Gasteiger partial charge in [-0.25, -0.2) is 0 Å². The van der Waals surface area contributed by atoms with Gasteiger partial charge in [-0.15, -0.1) is 0 Å². The molecule has 110 valence electrons. The van der Waals surface area contributed by atoms with Crippen molar-refractivity contribution in [2.45, 2.75) is 31.0 Å². The molecule has 6 atom stereocenters. The first-order valence-electron chi connectivity index (χ1n) is 7.00. The van der Waals surface area contributed by atoms with E-state index in [1.807, 2.05) is 30.3 Å². The Morgan fingerprint density at radius 2 is 1.48 bits per heavy atom. The first-order chi connectivity index (χ1) is 10.1. The summed E-state index contributed by atoms with van der Waals surface area (Å²) in [7, 11) is 0. The van der Waals surface area contributed by atoms with E-state index in [0.717, 1.165) is 5.56 Å². The Balaban J connectivity index is 1.62. The summed E-state index contributed by atoms with van der Waals surface area (Å²) in [6, 6.07) is 9.27. The highest BCUT2D eigenvalue weighted by Gasteiger charge is 2.68. The molecule has 0 spiro atoms. The Labute approximate surface area is 120 Å². The highest BCUT2D eigenvalue weighted by molar-refractivity contribution is 6.06. The standard InChI is InChI=1S/C15H15NO5/c17-10-11(18)13-9-8(12(10)21-13)14(19)16(15(9)20)6-7-4-2-1-3-5-7/h1-5,8-13,17-18H,6H2. The fourth-order valence-corrected chi connectivity index (χ4v) is 3.71. The second-order valence-corrected chi connectivity index (χ2v) is 5.85. The Hall–Kier alpha value is -1.76. The number of likely N-dealkylation sites (tertiary alicyclic amines) is 1. The maximum atomic E-state index is 12.5. The Morgan fingerprint density at radius 3 is 2.00 bits per heavy atom. The maximum Gasteiger partial charge on any atom is 0.236 e. The first kappa shape index (κ1) is 12.9. The topological polar surface area (TPSA) is 87.1 Å². The van der Waals surface area contributed by atoms with Crippen molar-refractivity contribution >= 4 is 11.8 Å². The van der Waals surface area contributed by atoms with Crippen LogP contribution >= 0.6 is 0 Å². The molecule has 2 amide bonds. The van der Waals surface area contributed by atoms with Crippen molar-refractivity contribution in [3.63, 3.8) is 0 Å². The number of aliphatic hydroxyl groups excluding tert-OH is 2. The summed E-state index contributed by atoms with van der Waals surface area (Å²) in [5.74, 6) is -1.95. The summed E-state index contributed by atoms with van der Waals surface area (Å²) >= 11 is 0. The van der Waals surface area contributed by atoms with Crippen molar-refractivity contribution in [2.24, 2.45) is 11.8 Å². The van der Waals surface area contributed by atoms with E-state index in [-0.39, 0.29) is 18.4 Å². The van der Waals surface area contributed by atoms with Gasteiger partial charge in [-0.05, 0) is 5.56 Å². The molecule has 3 fully saturated rings. The summed E-state index contributed by atoms with van der Waals surface area (Å²) in [5, 5.41) is 19.7. The predicted octanol–water partition coefficient (Wildman–Crippen LogP) is -0.709. The molecule has 3 aliphatic rings. The number of benzene rings is 1. The minimum atomic E-state index is -1.09. The highest BCUT2D eigenvalue weighted by Crippen LogP contribution is 2.48. The molecule has 0 saturated carbocycles. The smallest absolute Gasteiger partial charge is 0.236 e. The molecular formula is C15H15NO5. The third-order valence-electron chi connectivity index (χ3n) is 4.72. The fourth-order valence-electron chi connectivity index (χ4n) is 3.71. The number of imide groups is 1. The zero-order valence-electron chi connectivity index (χ0n) is 11.1. The molecule has 3 saturated heterocycles. The minimum Gasteiger partial charge on any atom is -0.388 e. The van der Waals surface area contributed by atoms with Gasteiger partial charge in [0.2, 0.25) is 11.8 Å². The minimum absolute atomic E-state index is 0.219. The quantitative estimate of drug-likeness (QED) is 0.702. The molecule has 1 aromatic carbocycles. The predicted molar refractivity (Wildman–Crippen MR) is 69.7 cm³/mol. The number of aliphatic hydroxyl groups is 2. The van der Waals surface area contributed by atoms with Crippen LogP contribution in [0.3, 0.4) is 0 Å². The lowest BCUT2D eigenvalue weighted by Crippen LogP contribution is -2.47. The molecule has 6 nitrogen and oxygen atoms in total. The number of carbonyl (C=O) groups is 2.